The Kier molecular flexibility index (Phi) is 3.77. The summed E-state index contributed by atoms with van der Waals surface area (Å²) in [7, 11) is 1.85. The minimum absolute atomic E-state index is 0.410. The zero-order valence-corrected chi connectivity index (χ0v) is 13.0. The molecule has 2 aromatic heterocycles. The number of hydrogen-bond donors (Lipinski definition) is 1. The maximum atomic E-state index is 11.8. The minimum Gasteiger partial charge on any atom is -0.368 e. The van der Waals surface area contributed by atoms with E-state index in [9.17, 15) is 4.79 Å². The van der Waals surface area contributed by atoms with Crippen molar-refractivity contribution in [3.8, 4) is 0 Å². The van der Waals surface area contributed by atoms with Crippen molar-refractivity contribution in [3.05, 3.63) is 11.5 Å². The predicted molar refractivity (Wildman–Crippen MR) is 78.8 cm³/mol. The van der Waals surface area contributed by atoms with E-state index in [-0.39, 0.29) is 0 Å². The van der Waals surface area contributed by atoms with Gasteiger partial charge < -0.3 is 5.73 Å². The van der Waals surface area contributed by atoms with Crippen molar-refractivity contribution in [2.24, 2.45) is 12.8 Å². The van der Waals surface area contributed by atoms with Gasteiger partial charge in [0.2, 0.25) is 5.91 Å². The highest BCUT2D eigenvalue weighted by molar-refractivity contribution is 6.17. The zero-order valence-electron chi connectivity index (χ0n) is 12.3. The van der Waals surface area contributed by atoms with Crippen LogP contribution in [0, 0.1) is 0 Å². The first-order valence-electron chi connectivity index (χ1n) is 6.64. The molecule has 6 nitrogen and oxygen atoms in total. The number of carbonyl (C=O) groups is 1. The summed E-state index contributed by atoms with van der Waals surface area (Å²) in [4.78, 5) is 16.4. The highest BCUT2D eigenvalue weighted by Crippen LogP contribution is 2.27. The van der Waals surface area contributed by atoms with Crippen molar-refractivity contribution >= 4 is 28.7 Å². The fourth-order valence-electron chi connectivity index (χ4n) is 2.41. The van der Waals surface area contributed by atoms with Crippen LogP contribution in [0.1, 0.15) is 32.3 Å². The molecule has 0 saturated heterocycles. The molecule has 0 bridgehead atoms. The number of rotatable bonds is 5. The molecular weight excluding hydrogens is 278 g/mol. The zero-order chi connectivity index (χ0) is 15.1. The first-order valence-corrected chi connectivity index (χ1v) is 7.17. The van der Waals surface area contributed by atoms with Crippen LogP contribution < -0.4 is 5.73 Å². The molecule has 2 aromatic rings. The van der Waals surface area contributed by atoms with Gasteiger partial charge in [0.15, 0.2) is 5.65 Å². The second-order valence-corrected chi connectivity index (χ2v) is 5.70. The lowest BCUT2D eigenvalue weighted by Crippen LogP contribution is -2.42. The first-order chi connectivity index (χ1) is 9.34. The van der Waals surface area contributed by atoms with Crippen LogP contribution in [0.2, 0.25) is 0 Å². The Morgan fingerprint density at radius 1 is 1.45 bits per heavy atom. The van der Waals surface area contributed by atoms with Crippen LogP contribution in [-0.4, -0.2) is 31.1 Å². The van der Waals surface area contributed by atoms with E-state index in [1.165, 1.54) is 0 Å². The SMILES string of the molecule is CCc1nn(C)c2c1nc(CCCl)n2C(C)(C)C(N)=O. The van der Waals surface area contributed by atoms with Crippen LogP contribution in [0.3, 0.4) is 0 Å². The third-order valence-corrected chi connectivity index (χ3v) is 3.78. The maximum absolute atomic E-state index is 11.8. The number of hydrogen-bond acceptors (Lipinski definition) is 3. The number of nitrogens with two attached hydrogens (primary N) is 1. The molecule has 7 heteroatoms. The quantitative estimate of drug-likeness (QED) is 0.846. The lowest BCUT2D eigenvalue weighted by molar-refractivity contribution is -0.125. The molecule has 0 aromatic carbocycles. The molecular formula is C13H20ClN5O. The summed E-state index contributed by atoms with van der Waals surface area (Å²) in [6.45, 7) is 5.60. The molecule has 0 atom stereocenters. The molecule has 0 radical (unpaired) electrons. The van der Waals surface area contributed by atoms with Gasteiger partial charge in [0, 0.05) is 19.3 Å². The number of aryl methyl sites for hydroxylation is 3. The third kappa shape index (κ3) is 2.08. The Morgan fingerprint density at radius 2 is 2.10 bits per heavy atom. The van der Waals surface area contributed by atoms with Gasteiger partial charge in [-0.2, -0.15) is 5.10 Å². The molecule has 0 aliphatic heterocycles. The molecule has 0 spiro atoms. The van der Waals surface area contributed by atoms with Crippen molar-refractivity contribution in [1.29, 1.82) is 0 Å². The molecule has 2 heterocycles. The van der Waals surface area contributed by atoms with E-state index in [2.05, 4.69) is 10.1 Å². The summed E-state index contributed by atoms with van der Waals surface area (Å²) < 4.78 is 3.61. The Bertz CT molecular complexity index is 655. The molecule has 1 amide bonds. The Balaban J connectivity index is 2.81. The Labute approximate surface area is 122 Å². The molecule has 2 N–H and O–H groups in total. The van der Waals surface area contributed by atoms with Crippen LogP contribution in [0.4, 0.5) is 0 Å². The van der Waals surface area contributed by atoms with Gasteiger partial charge >= 0.3 is 0 Å². The number of primary amides is 1. The van der Waals surface area contributed by atoms with Gasteiger partial charge in [-0.15, -0.1) is 11.6 Å². The van der Waals surface area contributed by atoms with E-state index < -0.39 is 11.4 Å². The summed E-state index contributed by atoms with van der Waals surface area (Å²) in [5, 5.41) is 4.45. The van der Waals surface area contributed by atoms with E-state index in [1.807, 2.05) is 18.5 Å². The molecule has 0 aliphatic rings. The minimum atomic E-state index is -0.880. The van der Waals surface area contributed by atoms with E-state index >= 15 is 0 Å². The van der Waals surface area contributed by atoms with Crippen LogP contribution in [-0.2, 0) is 30.2 Å². The number of nitrogens with zero attached hydrogens (tertiary/aromatic N) is 4. The summed E-state index contributed by atoms with van der Waals surface area (Å²) in [6, 6.07) is 0. The van der Waals surface area contributed by atoms with Crippen LogP contribution in [0.5, 0.6) is 0 Å². The highest BCUT2D eigenvalue weighted by Gasteiger charge is 2.33. The number of carbonyl (C=O) groups excluding carboxylic acids is 1. The van der Waals surface area contributed by atoms with E-state index in [0.29, 0.717) is 12.3 Å². The lowest BCUT2D eigenvalue weighted by Gasteiger charge is -2.25. The molecule has 0 unspecified atom stereocenters. The van der Waals surface area contributed by atoms with Gasteiger partial charge in [0.25, 0.3) is 0 Å². The van der Waals surface area contributed by atoms with Crippen LogP contribution in [0.15, 0.2) is 0 Å². The molecule has 110 valence electrons. The Hall–Kier alpha value is -1.56. The van der Waals surface area contributed by atoms with Gasteiger partial charge in [-0.25, -0.2) is 4.98 Å². The number of alkyl halides is 1. The average Bonchev–Trinajstić information content (AvgIpc) is 2.88. The number of aromatic nitrogens is 4. The van der Waals surface area contributed by atoms with E-state index in [4.69, 9.17) is 17.3 Å². The predicted octanol–water partition coefficient (Wildman–Crippen LogP) is 1.33. The molecule has 0 fully saturated rings. The average molecular weight is 298 g/mol. The van der Waals surface area contributed by atoms with Gasteiger partial charge in [0.05, 0.1) is 5.69 Å². The number of imidazole rings is 1. The second-order valence-electron chi connectivity index (χ2n) is 5.32. The third-order valence-electron chi connectivity index (χ3n) is 3.59. The lowest BCUT2D eigenvalue weighted by atomic mass is 10.0. The molecule has 0 aliphatic carbocycles. The number of amides is 1. The van der Waals surface area contributed by atoms with Crippen molar-refractivity contribution in [3.63, 3.8) is 0 Å². The molecule has 2 rings (SSSR count). The van der Waals surface area contributed by atoms with Gasteiger partial charge in [-0.3, -0.25) is 14.0 Å². The summed E-state index contributed by atoms with van der Waals surface area (Å²) in [5.41, 5.74) is 7.23. The standard InChI is InChI=1S/C13H20ClN5O/c1-5-8-10-11(18(4)17-8)19(9(16-10)6-7-14)13(2,3)12(15)20/h5-7H2,1-4H3,(H2,15,20). The fraction of sp³-hybridized carbons (Fsp3) is 0.615. The van der Waals surface area contributed by atoms with Gasteiger partial charge in [-0.1, -0.05) is 6.92 Å². The van der Waals surface area contributed by atoms with E-state index in [0.717, 1.165) is 29.1 Å². The Morgan fingerprint density at radius 3 is 2.60 bits per heavy atom. The normalized spacial score (nSPS) is 12.2. The summed E-state index contributed by atoms with van der Waals surface area (Å²) >= 11 is 5.85. The first kappa shape index (κ1) is 14.8. The van der Waals surface area contributed by atoms with Crippen molar-refractivity contribution in [1.82, 2.24) is 19.3 Å². The smallest absolute Gasteiger partial charge is 0.243 e. The summed E-state index contributed by atoms with van der Waals surface area (Å²) in [5.74, 6) is 0.793. The van der Waals surface area contributed by atoms with Crippen molar-refractivity contribution in [2.75, 3.05) is 5.88 Å². The highest BCUT2D eigenvalue weighted by atomic mass is 35.5. The second kappa shape index (κ2) is 5.09. The van der Waals surface area contributed by atoms with Crippen molar-refractivity contribution in [2.45, 2.75) is 39.2 Å². The molecule has 20 heavy (non-hydrogen) atoms. The number of fused-ring (bicyclic) bond motifs is 1. The van der Waals surface area contributed by atoms with Gasteiger partial charge in [0.1, 0.15) is 16.9 Å². The largest absolute Gasteiger partial charge is 0.368 e. The van der Waals surface area contributed by atoms with Gasteiger partial charge in [-0.05, 0) is 20.3 Å². The monoisotopic (exact) mass is 297 g/mol. The van der Waals surface area contributed by atoms with E-state index in [1.54, 1.807) is 18.5 Å². The van der Waals surface area contributed by atoms with Crippen molar-refractivity contribution < 1.29 is 4.79 Å². The fourth-order valence-corrected chi connectivity index (χ4v) is 2.58. The van der Waals surface area contributed by atoms with Crippen LogP contribution >= 0.6 is 11.6 Å². The summed E-state index contributed by atoms with van der Waals surface area (Å²) in [6.07, 6.45) is 1.36. The topological polar surface area (TPSA) is 78.7 Å². The number of halogens is 1. The maximum Gasteiger partial charge on any atom is 0.243 e. The molecule has 0 saturated carbocycles. The van der Waals surface area contributed by atoms with Crippen LogP contribution in [0.25, 0.3) is 11.2 Å².